The Balaban J connectivity index is 2.02. The molecule has 0 aliphatic carbocycles. The standard InChI is InChI=1S/C15H27N3OS/c1-5-17-6-8-18(9-7-17)10-13-16-14(15(2,3)4)12(11-19)20-13/h19H,5-11H2,1-4H3. The van der Waals surface area contributed by atoms with Gasteiger partial charge in [0.2, 0.25) is 0 Å². The zero-order valence-corrected chi connectivity index (χ0v) is 14.0. The Morgan fingerprint density at radius 1 is 1.15 bits per heavy atom. The van der Waals surface area contributed by atoms with Crippen molar-refractivity contribution in [2.45, 2.75) is 46.3 Å². The van der Waals surface area contributed by atoms with Gasteiger partial charge < -0.3 is 10.0 Å². The van der Waals surface area contributed by atoms with Crippen molar-refractivity contribution in [3.63, 3.8) is 0 Å². The molecule has 2 rings (SSSR count). The number of nitrogens with zero attached hydrogens (tertiary/aromatic N) is 3. The van der Waals surface area contributed by atoms with E-state index in [4.69, 9.17) is 4.98 Å². The molecule has 0 atom stereocenters. The number of piperazine rings is 1. The lowest BCUT2D eigenvalue weighted by atomic mass is 9.91. The fraction of sp³-hybridized carbons (Fsp3) is 0.800. The molecular weight excluding hydrogens is 270 g/mol. The van der Waals surface area contributed by atoms with Gasteiger partial charge in [-0.3, -0.25) is 4.90 Å². The largest absolute Gasteiger partial charge is 0.391 e. The maximum atomic E-state index is 9.52. The molecule has 0 saturated carbocycles. The van der Waals surface area contributed by atoms with Gasteiger partial charge in [-0.05, 0) is 6.54 Å². The summed E-state index contributed by atoms with van der Waals surface area (Å²) in [4.78, 5) is 10.8. The van der Waals surface area contributed by atoms with Crippen LogP contribution in [0.1, 0.15) is 43.3 Å². The smallest absolute Gasteiger partial charge is 0.107 e. The Hall–Kier alpha value is -0.490. The lowest BCUT2D eigenvalue weighted by Gasteiger charge is -2.33. The average Bonchev–Trinajstić information content (AvgIpc) is 2.83. The predicted octanol–water partition coefficient (Wildman–Crippen LogP) is 2.07. The van der Waals surface area contributed by atoms with Crippen LogP contribution in [-0.2, 0) is 18.6 Å². The summed E-state index contributed by atoms with van der Waals surface area (Å²) in [6, 6.07) is 0. The third-order valence-electron chi connectivity index (χ3n) is 3.87. The van der Waals surface area contributed by atoms with E-state index in [1.165, 1.54) is 0 Å². The molecule has 0 radical (unpaired) electrons. The van der Waals surface area contributed by atoms with Gasteiger partial charge in [-0.2, -0.15) is 0 Å². The highest BCUT2D eigenvalue weighted by Gasteiger charge is 2.24. The molecule has 5 heteroatoms. The van der Waals surface area contributed by atoms with Crippen molar-refractivity contribution >= 4 is 11.3 Å². The van der Waals surface area contributed by atoms with E-state index >= 15 is 0 Å². The quantitative estimate of drug-likeness (QED) is 0.923. The molecule has 1 aromatic rings. The Morgan fingerprint density at radius 2 is 1.75 bits per heavy atom. The molecule has 0 spiro atoms. The van der Waals surface area contributed by atoms with E-state index in [1.54, 1.807) is 11.3 Å². The second-order valence-corrected chi connectivity index (χ2v) is 7.67. The maximum absolute atomic E-state index is 9.52. The average molecular weight is 297 g/mol. The van der Waals surface area contributed by atoms with Crippen LogP contribution in [-0.4, -0.2) is 52.6 Å². The molecule has 1 N–H and O–H groups in total. The van der Waals surface area contributed by atoms with Crippen molar-refractivity contribution in [3.8, 4) is 0 Å². The fourth-order valence-corrected chi connectivity index (χ4v) is 3.80. The van der Waals surface area contributed by atoms with Gasteiger partial charge in [0.15, 0.2) is 0 Å². The van der Waals surface area contributed by atoms with Crippen LogP contribution in [0.5, 0.6) is 0 Å². The second kappa shape index (κ2) is 6.52. The van der Waals surface area contributed by atoms with Crippen molar-refractivity contribution in [3.05, 3.63) is 15.6 Å². The van der Waals surface area contributed by atoms with Gasteiger partial charge in [-0.25, -0.2) is 4.98 Å². The summed E-state index contributed by atoms with van der Waals surface area (Å²) in [6.07, 6.45) is 0. The number of aliphatic hydroxyl groups is 1. The molecule has 1 aliphatic heterocycles. The molecule has 0 amide bonds. The minimum atomic E-state index is 0.00766. The number of hydrogen-bond acceptors (Lipinski definition) is 5. The Morgan fingerprint density at radius 3 is 2.20 bits per heavy atom. The number of aromatic nitrogens is 1. The van der Waals surface area contributed by atoms with Gasteiger partial charge in [0.05, 0.1) is 23.7 Å². The van der Waals surface area contributed by atoms with Crippen molar-refractivity contribution < 1.29 is 5.11 Å². The van der Waals surface area contributed by atoms with E-state index in [0.29, 0.717) is 0 Å². The molecule has 114 valence electrons. The summed E-state index contributed by atoms with van der Waals surface area (Å²) in [5.74, 6) is 0. The topological polar surface area (TPSA) is 39.6 Å². The Bertz CT molecular complexity index is 431. The summed E-state index contributed by atoms with van der Waals surface area (Å²) in [5.41, 5.74) is 1.07. The van der Waals surface area contributed by atoms with Crippen LogP contribution < -0.4 is 0 Å². The van der Waals surface area contributed by atoms with Crippen LogP contribution in [0.2, 0.25) is 0 Å². The van der Waals surface area contributed by atoms with E-state index in [9.17, 15) is 5.11 Å². The predicted molar refractivity (Wildman–Crippen MR) is 84.1 cm³/mol. The maximum Gasteiger partial charge on any atom is 0.107 e. The summed E-state index contributed by atoms with van der Waals surface area (Å²) in [6.45, 7) is 15.4. The molecule has 20 heavy (non-hydrogen) atoms. The van der Waals surface area contributed by atoms with Crippen LogP contribution in [0.25, 0.3) is 0 Å². The third-order valence-corrected chi connectivity index (χ3v) is 4.89. The molecule has 2 heterocycles. The molecule has 1 saturated heterocycles. The molecule has 0 unspecified atom stereocenters. The minimum absolute atomic E-state index is 0.00766. The van der Waals surface area contributed by atoms with Crippen LogP contribution in [0, 0.1) is 0 Å². The minimum Gasteiger partial charge on any atom is -0.391 e. The molecule has 0 aromatic carbocycles. The van der Waals surface area contributed by atoms with E-state index in [0.717, 1.165) is 54.8 Å². The van der Waals surface area contributed by atoms with Gasteiger partial charge in [0, 0.05) is 31.6 Å². The second-order valence-electron chi connectivity index (χ2n) is 6.50. The molecule has 4 nitrogen and oxygen atoms in total. The number of likely N-dealkylation sites (N-methyl/N-ethyl adjacent to an activating group) is 1. The van der Waals surface area contributed by atoms with Crippen LogP contribution in [0.4, 0.5) is 0 Å². The van der Waals surface area contributed by atoms with Crippen LogP contribution >= 0.6 is 11.3 Å². The lowest BCUT2D eigenvalue weighted by Crippen LogP contribution is -2.45. The van der Waals surface area contributed by atoms with Gasteiger partial charge in [0.25, 0.3) is 0 Å². The van der Waals surface area contributed by atoms with Crippen molar-refractivity contribution in [2.24, 2.45) is 0 Å². The van der Waals surface area contributed by atoms with Crippen LogP contribution in [0.3, 0.4) is 0 Å². The number of thiazole rings is 1. The Kier molecular flexibility index (Phi) is 5.18. The summed E-state index contributed by atoms with van der Waals surface area (Å²) in [7, 11) is 0. The van der Waals surface area contributed by atoms with E-state index in [-0.39, 0.29) is 12.0 Å². The van der Waals surface area contributed by atoms with E-state index < -0.39 is 0 Å². The first-order chi connectivity index (χ1) is 9.44. The van der Waals surface area contributed by atoms with Crippen LogP contribution in [0.15, 0.2) is 0 Å². The highest BCUT2D eigenvalue weighted by molar-refractivity contribution is 7.11. The first kappa shape index (κ1) is 15.9. The lowest BCUT2D eigenvalue weighted by molar-refractivity contribution is 0.132. The summed E-state index contributed by atoms with van der Waals surface area (Å²) in [5, 5.41) is 10.7. The molecular formula is C15H27N3OS. The molecule has 1 aromatic heterocycles. The third kappa shape index (κ3) is 3.79. The van der Waals surface area contributed by atoms with E-state index in [1.807, 2.05) is 0 Å². The van der Waals surface area contributed by atoms with Crippen molar-refractivity contribution in [1.29, 1.82) is 0 Å². The van der Waals surface area contributed by atoms with Gasteiger partial charge >= 0.3 is 0 Å². The summed E-state index contributed by atoms with van der Waals surface area (Å²) >= 11 is 1.67. The summed E-state index contributed by atoms with van der Waals surface area (Å²) < 4.78 is 0. The first-order valence-corrected chi connectivity index (χ1v) is 8.30. The van der Waals surface area contributed by atoms with Gasteiger partial charge in [-0.15, -0.1) is 11.3 Å². The number of rotatable bonds is 4. The molecule has 1 fully saturated rings. The van der Waals surface area contributed by atoms with Crippen molar-refractivity contribution in [1.82, 2.24) is 14.8 Å². The van der Waals surface area contributed by atoms with E-state index in [2.05, 4.69) is 37.5 Å². The number of aliphatic hydroxyl groups excluding tert-OH is 1. The van der Waals surface area contributed by atoms with Gasteiger partial charge in [0.1, 0.15) is 5.01 Å². The normalized spacial score (nSPS) is 18.6. The zero-order valence-electron chi connectivity index (χ0n) is 13.1. The Labute approximate surface area is 126 Å². The highest BCUT2D eigenvalue weighted by Crippen LogP contribution is 2.30. The van der Waals surface area contributed by atoms with Gasteiger partial charge in [-0.1, -0.05) is 27.7 Å². The number of hydrogen-bond donors (Lipinski definition) is 1. The van der Waals surface area contributed by atoms with Crippen molar-refractivity contribution in [2.75, 3.05) is 32.7 Å². The highest BCUT2D eigenvalue weighted by atomic mass is 32.1. The molecule has 0 bridgehead atoms. The monoisotopic (exact) mass is 297 g/mol. The molecule has 1 aliphatic rings. The SMILES string of the molecule is CCN1CCN(Cc2nc(C(C)(C)C)c(CO)s2)CC1. The zero-order chi connectivity index (χ0) is 14.8. The first-order valence-electron chi connectivity index (χ1n) is 7.48. The fourth-order valence-electron chi connectivity index (χ4n) is 2.62.